The Kier molecular flexibility index (Phi) is 3.49. The SMILES string of the molecule is OCc1cccc(NCc2csc3ccccc23)c1. The molecule has 0 aliphatic heterocycles. The van der Waals surface area contributed by atoms with Crippen LogP contribution in [0.2, 0.25) is 0 Å². The van der Waals surface area contributed by atoms with E-state index >= 15 is 0 Å². The predicted octanol–water partition coefficient (Wildman–Crippen LogP) is 4.01. The topological polar surface area (TPSA) is 32.3 Å². The van der Waals surface area contributed by atoms with Crippen LogP contribution in [0.4, 0.5) is 5.69 Å². The van der Waals surface area contributed by atoms with Crippen LogP contribution in [-0.2, 0) is 13.2 Å². The quantitative estimate of drug-likeness (QED) is 0.750. The highest BCUT2D eigenvalue weighted by molar-refractivity contribution is 7.17. The average molecular weight is 269 g/mol. The maximum atomic E-state index is 9.13. The van der Waals surface area contributed by atoms with Gasteiger partial charge in [-0.1, -0.05) is 30.3 Å². The van der Waals surface area contributed by atoms with Crippen LogP contribution in [0.1, 0.15) is 11.1 Å². The first-order valence-corrected chi connectivity index (χ1v) is 7.13. The smallest absolute Gasteiger partial charge is 0.0682 e. The van der Waals surface area contributed by atoms with E-state index in [4.69, 9.17) is 5.11 Å². The molecule has 1 aromatic heterocycles. The Labute approximate surface area is 116 Å². The van der Waals surface area contributed by atoms with Crippen molar-refractivity contribution in [1.29, 1.82) is 0 Å². The van der Waals surface area contributed by atoms with E-state index in [1.165, 1.54) is 15.6 Å². The zero-order valence-electron chi connectivity index (χ0n) is 10.5. The third kappa shape index (κ3) is 2.62. The van der Waals surface area contributed by atoms with Crippen molar-refractivity contribution in [2.45, 2.75) is 13.2 Å². The first-order valence-electron chi connectivity index (χ1n) is 6.25. The molecule has 3 rings (SSSR count). The molecule has 2 aromatic carbocycles. The first kappa shape index (κ1) is 12.2. The number of aliphatic hydroxyl groups is 1. The highest BCUT2D eigenvalue weighted by atomic mass is 32.1. The molecule has 0 aliphatic carbocycles. The summed E-state index contributed by atoms with van der Waals surface area (Å²) < 4.78 is 1.32. The highest BCUT2D eigenvalue weighted by Crippen LogP contribution is 2.26. The molecule has 0 bridgehead atoms. The van der Waals surface area contributed by atoms with Gasteiger partial charge in [0.2, 0.25) is 0 Å². The van der Waals surface area contributed by atoms with Gasteiger partial charge in [-0.25, -0.2) is 0 Å². The molecule has 0 fully saturated rings. The fraction of sp³-hybridized carbons (Fsp3) is 0.125. The summed E-state index contributed by atoms with van der Waals surface area (Å²) >= 11 is 1.78. The van der Waals surface area contributed by atoms with Gasteiger partial charge in [0.25, 0.3) is 0 Å². The maximum Gasteiger partial charge on any atom is 0.0682 e. The van der Waals surface area contributed by atoms with E-state index in [9.17, 15) is 0 Å². The Balaban J connectivity index is 1.78. The molecule has 2 N–H and O–H groups in total. The van der Waals surface area contributed by atoms with Crippen molar-refractivity contribution in [2.24, 2.45) is 0 Å². The molecule has 19 heavy (non-hydrogen) atoms. The molecular formula is C16H15NOS. The summed E-state index contributed by atoms with van der Waals surface area (Å²) in [7, 11) is 0. The highest BCUT2D eigenvalue weighted by Gasteiger charge is 2.03. The largest absolute Gasteiger partial charge is 0.392 e. The zero-order valence-corrected chi connectivity index (χ0v) is 11.3. The van der Waals surface area contributed by atoms with Crippen LogP contribution >= 0.6 is 11.3 Å². The van der Waals surface area contributed by atoms with Gasteiger partial charge in [0.15, 0.2) is 0 Å². The lowest BCUT2D eigenvalue weighted by molar-refractivity contribution is 0.282. The summed E-state index contributed by atoms with van der Waals surface area (Å²) in [5, 5.41) is 16.1. The van der Waals surface area contributed by atoms with Crippen LogP contribution < -0.4 is 5.32 Å². The molecule has 96 valence electrons. The van der Waals surface area contributed by atoms with Gasteiger partial charge in [0.1, 0.15) is 0 Å². The normalized spacial score (nSPS) is 10.8. The maximum absolute atomic E-state index is 9.13. The number of aliphatic hydroxyl groups excluding tert-OH is 1. The number of hydrogen-bond donors (Lipinski definition) is 2. The third-order valence-electron chi connectivity index (χ3n) is 3.15. The van der Waals surface area contributed by atoms with Crippen molar-refractivity contribution in [2.75, 3.05) is 5.32 Å². The van der Waals surface area contributed by atoms with Gasteiger partial charge in [0, 0.05) is 16.9 Å². The van der Waals surface area contributed by atoms with Gasteiger partial charge in [-0.2, -0.15) is 0 Å². The summed E-state index contributed by atoms with van der Waals surface area (Å²) in [5.41, 5.74) is 3.29. The van der Waals surface area contributed by atoms with E-state index in [0.29, 0.717) is 0 Å². The van der Waals surface area contributed by atoms with Gasteiger partial charge in [0.05, 0.1) is 6.61 Å². The second kappa shape index (κ2) is 5.43. The van der Waals surface area contributed by atoms with Gasteiger partial charge in [-0.3, -0.25) is 0 Å². The van der Waals surface area contributed by atoms with Gasteiger partial charge in [-0.05, 0) is 40.1 Å². The van der Waals surface area contributed by atoms with Crippen LogP contribution in [0.3, 0.4) is 0 Å². The van der Waals surface area contributed by atoms with Crippen molar-refractivity contribution in [1.82, 2.24) is 0 Å². The van der Waals surface area contributed by atoms with Crippen LogP contribution in [0, 0.1) is 0 Å². The molecule has 0 atom stereocenters. The van der Waals surface area contributed by atoms with E-state index in [-0.39, 0.29) is 6.61 Å². The van der Waals surface area contributed by atoms with Crippen LogP contribution in [0.25, 0.3) is 10.1 Å². The minimum Gasteiger partial charge on any atom is -0.392 e. The van der Waals surface area contributed by atoms with Crippen LogP contribution in [-0.4, -0.2) is 5.11 Å². The van der Waals surface area contributed by atoms with E-state index in [2.05, 4.69) is 35.0 Å². The molecule has 0 radical (unpaired) electrons. The van der Waals surface area contributed by atoms with Gasteiger partial charge >= 0.3 is 0 Å². The second-order valence-electron chi connectivity index (χ2n) is 4.47. The molecule has 0 amide bonds. The van der Waals surface area contributed by atoms with Crippen molar-refractivity contribution in [3.05, 3.63) is 65.0 Å². The fourth-order valence-corrected chi connectivity index (χ4v) is 3.11. The standard InChI is InChI=1S/C16H15NOS/c18-10-12-4-3-5-14(8-12)17-9-13-11-19-16-7-2-1-6-15(13)16/h1-8,11,17-18H,9-10H2. The molecular weight excluding hydrogens is 254 g/mol. The van der Waals surface area contributed by atoms with E-state index < -0.39 is 0 Å². The Morgan fingerprint density at radius 1 is 1.05 bits per heavy atom. The molecule has 0 saturated heterocycles. The summed E-state index contributed by atoms with van der Waals surface area (Å²) in [6.07, 6.45) is 0. The third-order valence-corrected chi connectivity index (χ3v) is 4.17. The minimum atomic E-state index is 0.0803. The lowest BCUT2D eigenvalue weighted by Gasteiger charge is -2.07. The number of rotatable bonds is 4. The van der Waals surface area contributed by atoms with Crippen LogP contribution in [0.15, 0.2) is 53.9 Å². The molecule has 0 unspecified atom stereocenters. The number of hydrogen-bond acceptors (Lipinski definition) is 3. The summed E-state index contributed by atoms with van der Waals surface area (Å²) in [6.45, 7) is 0.885. The Morgan fingerprint density at radius 3 is 2.84 bits per heavy atom. The van der Waals surface area contributed by atoms with Gasteiger partial charge in [-0.15, -0.1) is 11.3 Å². The molecule has 2 nitrogen and oxygen atoms in total. The fourth-order valence-electron chi connectivity index (χ4n) is 2.15. The Bertz CT molecular complexity index is 690. The van der Waals surface area contributed by atoms with E-state index in [1.54, 1.807) is 11.3 Å². The summed E-state index contributed by atoms with van der Waals surface area (Å²) in [5.74, 6) is 0. The molecule has 0 aliphatic rings. The Hall–Kier alpha value is -1.84. The predicted molar refractivity (Wildman–Crippen MR) is 81.5 cm³/mol. The van der Waals surface area contributed by atoms with Crippen molar-refractivity contribution in [3.63, 3.8) is 0 Å². The zero-order chi connectivity index (χ0) is 13.1. The molecule has 0 spiro atoms. The molecule has 0 saturated carbocycles. The Morgan fingerprint density at radius 2 is 1.95 bits per heavy atom. The number of thiophene rings is 1. The lowest BCUT2D eigenvalue weighted by atomic mass is 10.1. The minimum absolute atomic E-state index is 0.0803. The van der Waals surface area contributed by atoms with Crippen molar-refractivity contribution < 1.29 is 5.11 Å². The van der Waals surface area contributed by atoms with Crippen molar-refractivity contribution >= 4 is 27.1 Å². The van der Waals surface area contributed by atoms with Crippen molar-refractivity contribution in [3.8, 4) is 0 Å². The number of benzene rings is 2. The first-order chi connectivity index (χ1) is 9.36. The summed E-state index contributed by atoms with van der Waals surface area (Å²) in [4.78, 5) is 0. The van der Waals surface area contributed by atoms with Crippen LogP contribution in [0.5, 0.6) is 0 Å². The average Bonchev–Trinajstić information content (AvgIpc) is 2.89. The van der Waals surface area contributed by atoms with Gasteiger partial charge < -0.3 is 10.4 Å². The molecule has 1 heterocycles. The lowest BCUT2D eigenvalue weighted by Crippen LogP contribution is -1.99. The monoisotopic (exact) mass is 269 g/mol. The van der Waals surface area contributed by atoms with E-state index in [0.717, 1.165) is 17.8 Å². The molecule has 3 heteroatoms. The summed E-state index contributed by atoms with van der Waals surface area (Å²) in [6, 6.07) is 16.3. The van der Waals surface area contributed by atoms with E-state index in [1.807, 2.05) is 24.3 Å². The number of fused-ring (bicyclic) bond motifs is 1. The number of nitrogens with one attached hydrogen (secondary N) is 1. The molecule has 3 aromatic rings. The second-order valence-corrected chi connectivity index (χ2v) is 5.38. The number of anilines is 1.